The number of anilines is 1. The molecule has 7 heteroatoms. The van der Waals surface area contributed by atoms with Gasteiger partial charge in [-0.2, -0.15) is 0 Å². The van der Waals surface area contributed by atoms with E-state index < -0.39 is 0 Å². The van der Waals surface area contributed by atoms with E-state index in [0.717, 1.165) is 61.7 Å². The predicted octanol–water partition coefficient (Wildman–Crippen LogP) is 4.66. The number of hydrogen-bond donors (Lipinski definition) is 2. The van der Waals surface area contributed by atoms with E-state index >= 15 is 0 Å². The first-order valence-electron chi connectivity index (χ1n) is 11.7. The van der Waals surface area contributed by atoms with Gasteiger partial charge >= 0.3 is 0 Å². The molecule has 0 saturated carbocycles. The second-order valence-electron chi connectivity index (χ2n) is 8.88. The minimum absolute atomic E-state index is 0.0894. The van der Waals surface area contributed by atoms with Crippen molar-refractivity contribution >= 4 is 40.5 Å². The third-order valence-electron chi connectivity index (χ3n) is 6.67. The molecule has 2 aromatic rings. The molecule has 4 rings (SSSR count). The molecule has 2 N–H and O–H groups in total. The number of nitrogens with zero attached hydrogens (tertiary/aromatic N) is 2. The van der Waals surface area contributed by atoms with Gasteiger partial charge in [0.1, 0.15) is 0 Å². The highest BCUT2D eigenvalue weighted by atomic mass is 35.5. The lowest BCUT2D eigenvalue weighted by atomic mass is 9.94. The minimum atomic E-state index is -0.133. The van der Waals surface area contributed by atoms with Crippen LogP contribution in [0.15, 0.2) is 54.1 Å². The first-order valence-corrected chi connectivity index (χ1v) is 12.4. The average molecular weight is 487 g/mol. The number of hydrogen-bond acceptors (Lipinski definition) is 4. The van der Waals surface area contributed by atoms with Crippen molar-refractivity contribution in [2.75, 3.05) is 44.2 Å². The van der Waals surface area contributed by atoms with Crippen molar-refractivity contribution in [3.8, 4) is 0 Å². The van der Waals surface area contributed by atoms with Crippen LogP contribution in [0.4, 0.5) is 5.69 Å². The fourth-order valence-corrected chi connectivity index (χ4v) is 5.28. The van der Waals surface area contributed by atoms with E-state index in [1.165, 1.54) is 0 Å². The number of rotatable bonds is 7. The number of carbonyl (C=O) groups excluding carboxylic acids is 1. The van der Waals surface area contributed by atoms with Crippen LogP contribution in [0.2, 0.25) is 10.0 Å². The van der Waals surface area contributed by atoms with Gasteiger partial charge in [-0.25, -0.2) is 0 Å². The molecule has 0 aliphatic carbocycles. The van der Waals surface area contributed by atoms with E-state index in [1.54, 1.807) is 0 Å². The van der Waals surface area contributed by atoms with Gasteiger partial charge in [-0.1, -0.05) is 59.6 Å². The van der Waals surface area contributed by atoms with Gasteiger partial charge in [0, 0.05) is 44.5 Å². The summed E-state index contributed by atoms with van der Waals surface area (Å²) in [4.78, 5) is 17.7. The molecule has 2 atom stereocenters. The highest BCUT2D eigenvalue weighted by molar-refractivity contribution is 6.43. The molecule has 2 unspecified atom stereocenters. The molecule has 1 saturated heterocycles. The molecule has 33 heavy (non-hydrogen) atoms. The van der Waals surface area contributed by atoms with Crippen molar-refractivity contribution in [3.63, 3.8) is 0 Å². The standard InChI is InChI=1S/C26H32Cl2N4O/c1-18-23(19(2)30-25(18)20-8-4-3-5-9-20)26(33)29-12-7-13-31-14-16-32(17-15-31)22-11-6-10-21(27)24(22)28/h3-6,8-11,19,23,30H,7,12-17H2,1-2H3,(H,29,33). The van der Waals surface area contributed by atoms with Gasteiger partial charge in [0.25, 0.3) is 0 Å². The summed E-state index contributed by atoms with van der Waals surface area (Å²) < 4.78 is 0. The van der Waals surface area contributed by atoms with Gasteiger partial charge in [-0.3, -0.25) is 9.69 Å². The number of piperazine rings is 1. The molecular weight excluding hydrogens is 455 g/mol. The fourth-order valence-electron chi connectivity index (χ4n) is 4.87. The Labute approximate surface area is 206 Å². The largest absolute Gasteiger partial charge is 0.381 e. The van der Waals surface area contributed by atoms with Crippen molar-refractivity contribution in [3.05, 3.63) is 69.7 Å². The summed E-state index contributed by atoms with van der Waals surface area (Å²) >= 11 is 12.5. The summed E-state index contributed by atoms with van der Waals surface area (Å²) in [6, 6.07) is 16.1. The highest BCUT2D eigenvalue weighted by Gasteiger charge is 2.34. The molecule has 176 valence electrons. The summed E-state index contributed by atoms with van der Waals surface area (Å²) in [5.74, 6) is -0.0231. The van der Waals surface area contributed by atoms with Crippen molar-refractivity contribution in [1.29, 1.82) is 0 Å². The van der Waals surface area contributed by atoms with E-state index in [1.807, 2.05) is 36.4 Å². The molecule has 0 bridgehead atoms. The quantitative estimate of drug-likeness (QED) is 0.558. The Hall–Kier alpha value is -2.21. The molecular formula is C26H32Cl2N4O. The van der Waals surface area contributed by atoms with Crippen molar-refractivity contribution in [2.24, 2.45) is 5.92 Å². The van der Waals surface area contributed by atoms with Crippen LogP contribution in [0.25, 0.3) is 5.70 Å². The Morgan fingerprint density at radius 3 is 2.52 bits per heavy atom. The third kappa shape index (κ3) is 5.48. The van der Waals surface area contributed by atoms with Gasteiger partial charge in [-0.05, 0) is 50.1 Å². The van der Waals surface area contributed by atoms with Gasteiger partial charge < -0.3 is 15.5 Å². The maximum atomic E-state index is 12.9. The number of amides is 1. The van der Waals surface area contributed by atoms with Gasteiger partial charge in [0.15, 0.2) is 0 Å². The van der Waals surface area contributed by atoms with Crippen LogP contribution in [0.1, 0.15) is 25.8 Å². The summed E-state index contributed by atoms with van der Waals surface area (Å²) in [5.41, 5.74) is 4.34. The number of carbonyl (C=O) groups is 1. The van der Waals surface area contributed by atoms with Crippen LogP contribution < -0.4 is 15.5 Å². The van der Waals surface area contributed by atoms with Crippen LogP contribution >= 0.6 is 23.2 Å². The Morgan fingerprint density at radius 2 is 1.79 bits per heavy atom. The number of halogens is 2. The summed E-state index contributed by atoms with van der Waals surface area (Å²) in [6.07, 6.45) is 0.937. The lowest BCUT2D eigenvalue weighted by molar-refractivity contribution is -0.124. The molecule has 2 aliphatic heterocycles. The molecule has 1 fully saturated rings. The number of benzene rings is 2. The van der Waals surface area contributed by atoms with Crippen LogP contribution in [-0.2, 0) is 4.79 Å². The predicted molar refractivity (Wildman–Crippen MR) is 138 cm³/mol. The molecule has 1 amide bonds. The molecule has 0 radical (unpaired) electrons. The smallest absolute Gasteiger partial charge is 0.229 e. The fraction of sp³-hybridized carbons (Fsp3) is 0.423. The van der Waals surface area contributed by atoms with Crippen LogP contribution in [0, 0.1) is 5.92 Å². The Morgan fingerprint density at radius 1 is 1.06 bits per heavy atom. The zero-order chi connectivity index (χ0) is 23.4. The molecule has 2 aliphatic rings. The lowest BCUT2D eigenvalue weighted by Crippen LogP contribution is -2.47. The van der Waals surface area contributed by atoms with E-state index in [4.69, 9.17) is 23.2 Å². The van der Waals surface area contributed by atoms with Crippen molar-refractivity contribution in [1.82, 2.24) is 15.5 Å². The van der Waals surface area contributed by atoms with Crippen LogP contribution in [0.5, 0.6) is 0 Å². The maximum absolute atomic E-state index is 12.9. The zero-order valence-electron chi connectivity index (χ0n) is 19.3. The lowest BCUT2D eigenvalue weighted by Gasteiger charge is -2.36. The summed E-state index contributed by atoms with van der Waals surface area (Å²) in [5, 5.41) is 7.90. The van der Waals surface area contributed by atoms with E-state index in [0.29, 0.717) is 16.6 Å². The maximum Gasteiger partial charge on any atom is 0.229 e. The Bertz CT molecular complexity index is 1000. The van der Waals surface area contributed by atoms with E-state index in [2.05, 4.69) is 46.4 Å². The van der Waals surface area contributed by atoms with Gasteiger partial charge in [0.05, 0.1) is 21.7 Å². The molecule has 0 spiro atoms. The zero-order valence-corrected chi connectivity index (χ0v) is 20.8. The van der Waals surface area contributed by atoms with Crippen molar-refractivity contribution in [2.45, 2.75) is 26.3 Å². The SMILES string of the molecule is CC1=C(c2ccccc2)NC(C)C1C(=O)NCCCN1CCN(c2cccc(Cl)c2Cl)CC1. The topological polar surface area (TPSA) is 47.6 Å². The average Bonchev–Trinajstić information content (AvgIpc) is 3.13. The van der Waals surface area contributed by atoms with E-state index in [9.17, 15) is 4.79 Å². The highest BCUT2D eigenvalue weighted by Crippen LogP contribution is 2.33. The molecule has 2 heterocycles. The second-order valence-corrected chi connectivity index (χ2v) is 9.67. The van der Waals surface area contributed by atoms with Crippen LogP contribution in [-0.4, -0.2) is 56.1 Å². The summed E-state index contributed by atoms with van der Waals surface area (Å²) in [7, 11) is 0. The molecule has 5 nitrogen and oxygen atoms in total. The third-order valence-corrected chi connectivity index (χ3v) is 7.48. The number of nitrogens with one attached hydrogen (secondary N) is 2. The molecule has 0 aromatic heterocycles. The first kappa shape index (κ1) is 23.9. The monoisotopic (exact) mass is 486 g/mol. The minimum Gasteiger partial charge on any atom is -0.381 e. The van der Waals surface area contributed by atoms with Gasteiger partial charge in [-0.15, -0.1) is 0 Å². The first-order chi connectivity index (χ1) is 16.0. The normalized spacial score (nSPS) is 21.3. The van der Waals surface area contributed by atoms with Gasteiger partial charge in [0.2, 0.25) is 5.91 Å². The molecule has 2 aromatic carbocycles. The Balaban J connectivity index is 1.22. The summed E-state index contributed by atoms with van der Waals surface area (Å²) in [6.45, 7) is 9.60. The van der Waals surface area contributed by atoms with Crippen LogP contribution in [0.3, 0.4) is 0 Å². The van der Waals surface area contributed by atoms with Crippen molar-refractivity contribution < 1.29 is 4.79 Å². The Kier molecular flexibility index (Phi) is 7.84. The second kappa shape index (κ2) is 10.8. The van der Waals surface area contributed by atoms with E-state index in [-0.39, 0.29) is 17.9 Å².